The van der Waals surface area contributed by atoms with E-state index in [9.17, 15) is 4.79 Å². The van der Waals surface area contributed by atoms with Crippen LogP contribution in [0.2, 0.25) is 0 Å². The Kier molecular flexibility index (Phi) is 3.77. The van der Waals surface area contributed by atoms with E-state index in [2.05, 4.69) is 36.8 Å². The molecule has 0 radical (unpaired) electrons. The number of hydrogen-bond donors (Lipinski definition) is 1. The monoisotopic (exact) mass is 335 g/mol. The van der Waals surface area contributed by atoms with Crippen LogP contribution >= 0.6 is 15.9 Å². The first-order chi connectivity index (χ1) is 9.74. The molecule has 3 rings (SSSR count). The van der Waals surface area contributed by atoms with E-state index in [0.29, 0.717) is 12.4 Å². The van der Waals surface area contributed by atoms with Crippen LogP contribution in [0.4, 0.5) is 0 Å². The van der Waals surface area contributed by atoms with Gasteiger partial charge in [0.05, 0.1) is 12.2 Å². The summed E-state index contributed by atoms with van der Waals surface area (Å²) >= 11 is 3.42. The summed E-state index contributed by atoms with van der Waals surface area (Å²) in [6.07, 6.45) is 3.12. The van der Waals surface area contributed by atoms with Crippen molar-refractivity contribution in [2.45, 2.75) is 25.8 Å². The Morgan fingerprint density at radius 1 is 1.45 bits per heavy atom. The van der Waals surface area contributed by atoms with Crippen LogP contribution in [-0.2, 0) is 11.3 Å². The van der Waals surface area contributed by atoms with Crippen LogP contribution in [-0.4, -0.2) is 26.1 Å². The normalized spacial score (nSPS) is 14.8. The second kappa shape index (κ2) is 5.70. The molecule has 104 valence electrons. The molecular weight excluding hydrogens is 322 g/mol. The van der Waals surface area contributed by atoms with Crippen molar-refractivity contribution < 1.29 is 4.79 Å². The van der Waals surface area contributed by atoms with E-state index in [-0.39, 0.29) is 11.8 Å². The van der Waals surface area contributed by atoms with Crippen molar-refractivity contribution in [1.82, 2.24) is 25.5 Å². The summed E-state index contributed by atoms with van der Waals surface area (Å²) in [5, 5.41) is 14.5. The lowest BCUT2D eigenvalue weighted by molar-refractivity contribution is -0.127. The summed E-state index contributed by atoms with van der Waals surface area (Å²) in [5.41, 5.74) is 0.859. The van der Waals surface area contributed by atoms with E-state index in [0.717, 1.165) is 29.4 Å². The Labute approximate surface area is 124 Å². The van der Waals surface area contributed by atoms with Crippen molar-refractivity contribution in [2.24, 2.45) is 5.92 Å². The maximum Gasteiger partial charge on any atom is 0.223 e. The summed E-state index contributed by atoms with van der Waals surface area (Å²) in [5.74, 6) is 0.890. The zero-order valence-electron chi connectivity index (χ0n) is 10.8. The van der Waals surface area contributed by atoms with Gasteiger partial charge in [-0.15, -0.1) is 5.10 Å². The maximum absolute atomic E-state index is 11.8. The Bertz CT molecular complexity index is 623. The Morgan fingerprint density at radius 2 is 2.30 bits per heavy atom. The number of amides is 1. The molecule has 0 saturated heterocycles. The third-order valence-corrected chi connectivity index (χ3v) is 3.98. The maximum atomic E-state index is 11.8. The van der Waals surface area contributed by atoms with Gasteiger partial charge in [-0.1, -0.05) is 28.4 Å². The highest BCUT2D eigenvalue weighted by molar-refractivity contribution is 9.10. The lowest BCUT2D eigenvalue weighted by Gasteiger charge is -2.23. The zero-order valence-corrected chi connectivity index (χ0v) is 12.4. The number of tetrazole rings is 1. The van der Waals surface area contributed by atoms with Gasteiger partial charge in [0.15, 0.2) is 5.82 Å². The van der Waals surface area contributed by atoms with E-state index in [4.69, 9.17) is 0 Å². The largest absolute Gasteiger partial charge is 0.348 e. The minimum atomic E-state index is 0.0973. The third-order valence-electron chi connectivity index (χ3n) is 3.48. The van der Waals surface area contributed by atoms with Gasteiger partial charge in [-0.25, -0.2) is 0 Å². The SMILES string of the molecule is O=C(NCc1nnnn1-c1cccc(Br)c1)C1CCC1. The molecule has 1 fully saturated rings. The van der Waals surface area contributed by atoms with Crippen molar-refractivity contribution in [3.63, 3.8) is 0 Å². The minimum Gasteiger partial charge on any atom is -0.348 e. The smallest absolute Gasteiger partial charge is 0.223 e. The lowest BCUT2D eigenvalue weighted by Crippen LogP contribution is -2.34. The Morgan fingerprint density at radius 3 is 3.00 bits per heavy atom. The van der Waals surface area contributed by atoms with E-state index >= 15 is 0 Å². The van der Waals surface area contributed by atoms with Gasteiger partial charge in [-0.3, -0.25) is 4.79 Å². The Balaban J connectivity index is 1.71. The molecule has 1 heterocycles. The molecule has 20 heavy (non-hydrogen) atoms. The molecule has 1 aromatic heterocycles. The highest BCUT2D eigenvalue weighted by Gasteiger charge is 2.25. The molecular formula is C13H14BrN5O. The van der Waals surface area contributed by atoms with Crippen molar-refractivity contribution >= 4 is 21.8 Å². The molecule has 0 atom stereocenters. The van der Waals surface area contributed by atoms with Gasteiger partial charge in [0.25, 0.3) is 0 Å². The highest BCUT2D eigenvalue weighted by atomic mass is 79.9. The summed E-state index contributed by atoms with van der Waals surface area (Å²) in [6.45, 7) is 0.342. The van der Waals surface area contributed by atoms with Gasteiger partial charge in [-0.05, 0) is 41.5 Å². The predicted octanol–water partition coefficient (Wildman–Crippen LogP) is 1.84. The van der Waals surface area contributed by atoms with Crippen molar-refractivity contribution in [1.29, 1.82) is 0 Å². The summed E-state index contributed by atoms with van der Waals surface area (Å²) in [7, 11) is 0. The molecule has 0 bridgehead atoms. The average molecular weight is 336 g/mol. The summed E-state index contributed by atoms with van der Waals surface area (Å²) in [4.78, 5) is 11.8. The molecule has 6 nitrogen and oxygen atoms in total. The van der Waals surface area contributed by atoms with Crippen LogP contribution in [0.5, 0.6) is 0 Å². The average Bonchev–Trinajstić information content (AvgIpc) is 2.82. The summed E-state index contributed by atoms with van der Waals surface area (Å²) < 4.78 is 2.58. The molecule has 1 N–H and O–H groups in total. The standard InChI is InChI=1S/C13H14BrN5O/c14-10-5-2-6-11(7-10)19-12(16-17-18-19)8-15-13(20)9-3-1-4-9/h2,5-7,9H,1,3-4,8H2,(H,15,20). The number of nitrogens with zero attached hydrogens (tertiary/aromatic N) is 4. The van der Waals surface area contributed by atoms with E-state index in [1.807, 2.05) is 24.3 Å². The number of nitrogens with one attached hydrogen (secondary N) is 1. The molecule has 1 amide bonds. The fraction of sp³-hybridized carbons (Fsp3) is 0.385. The van der Waals surface area contributed by atoms with Crippen LogP contribution in [0.3, 0.4) is 0 Å². The number of rotatable bonds is 4. The molecule has 0 unspecified atom stereocenters. The quantitative estimate of drug-likeness (QED) is 0.925. The number of hydrogen-bond acceptors (Lipinski definition) is 4. The number of carbonyl (C=O) groups is 1. The van der Waals surface area contributed by atoms with Crippen LogP contribution in [0.1, 0.15) is 25.1 Å². The van der Waals surface area contributed by atoms with E-state index < -0.39 is 0 Å². The molecule has 1 aromatic carbocycles. The van der Waals surface area contributed by atoms with Gasteiger partial charge in [-0.2, -0.15) is 4.68 Å². The van der Waals surface area contributed by atoms with Gasteiger partial charge in [0.1, 0.15) is 0 Å². The van der Waals surface area contributed by atoms with Gasteiger partial charge >= 0.3 is 0 Å². The van der Waals surface area contributed by atoms with Gasteiger partial charge in [0, 0.05) is 10.4 Å². The van der Waals surface area contributed by atoms with Crippen LogP contribution in [0, 0.1) is 5.92 Å². The fourth-order valence-electron chi connectivity index (χ4n) is 2.11. The number of aromatic nitrogens is 4. The topological polar surface area (TPSA) is 72.7 Å². The number of benzene rings is 1. The first-order valence-electron chi connectivity index (χ1n) is 6.55. The number of carbonyl (C=O) groups excluding carboxylic acids is 1. The zero-order chi connectivity index (χ0) is 13.9. The van der Waals surface area contributed by atoms with Crippen molar-refractivity contribution in [3.05, 3.63) is 34.6 Å². The first kappa shape index (κ1) is 13.2. The van der Waals surface area contributed by atoms with E-state index in [1.54, 1.807) is 4.68 Å². The van der Waals surface area contributed by atoms with Crippen LogP contribution in [0.15, 0.2) is 28.7 Å². The first-order valence-corrected chi connectivity index (χ1v) is 7.34. The van der Waals surface area contributed by atoms with Crippen LogP contribution in [0.25, 0.3) is 5.69 Å². The van der Waals surface area contributed by atoms with Crippen molar-refractivity contribution in [3.8, 4) is 5.69 Å². The second-order valence-electron chi connectivity index (χ2n) is 4.83. The molecule has 0 aliphatic heterocycles. The molecule has 2 aromatic rings. The lowest BCUT2D eigenvalue weighted by atomic mass is 9.85. The second-order valence-corrected chi connectivity index (χ2v) is 5.75. The predicted molar refractivity (Wildman–Crippen MR) is 76.0 cm³/mol. The molecule has 1 saturated carbocycles. The molecule has 1 aliphatic rings. The van der Waals surface area contributed by atoms with Gasteiger partial charge < -0.3 is 5.32 Å². The van der Waals surface area contributed by atoms with Gasteiger partial charge in [0.2, 0.25) is 5.91 Å². The minimum absolute atomic E-state index is 0.0973. The molecule has 1 aliphatic carbocycles. The van der Waals surface area contributed by atoms with Crippen LogP contribution < -0.4 is 5.32 Å². The fourth-order valence-corrected chi connectivity index (χ4v) is 2.49. The van der Waals surface area contributed by atoms with Crippen molar-refractivity contribution in [2.75, 3.05) is 0 Å². The Hall–Kier alpha value is -1.76. The molecule has 7 heteroatoms. The van der Waals surface area contributed by atoms with E-state index in [1.165, 1.54) is 0 Å². The third kappa shape index (κ3) is 2.72. The number of halogens is 1. The molecule has 0 spiro atoms. The summed E-state index contributed by atoms with van der Waals surface area (Å²) in [6, 6.07) is 7.69. The highest BCUT2D eigenvalue weighted by Crippen LogP contribution is 2.26.